The summed E-state index contributed by atoms with van der Waals surface area (Å²) < 4.78 is 5.55. The average Bonchev–Trinajstić information content (AvgIpc) is 2.95. The van der Waals surface area contributed by atoms with E-state index in [9.17, 15) is 0 Å². The van der Waals surface area contributed by atoms with Crippen molar-refractivity contribution in [3.8, 4) is 11.3 Å². The molecule has 2 aromatic carbocycles. The van der Waals surface area contributed by atoms with Crippen LogP contribution in [-0.4, -0.2) is 4.98 Å². The second kappa shape index (κ2) is 3.95. The highest BCUT2D eigenvalue weighted by Crippen LogP contribution is 2.29. The topological polar surface area (TPSA) is 26.0 Å². The van der Waals surface area contributed by atoms with Gasteiger partial charge in [0.05, 0.1) is 6.26 Å². The normalized spacial score (nSPS) is 11.2. The van der Waals surface area contributed by atoms with Crippen LogP contribution in [0.5, 0.6) is 0 Å². The van der Waals surface area contributed by atoms with Crippen LogP contribution in [0.4, 0.5) is 0 Å². The average molecular weight is 245 g/mol. The fraction of sp³-hybridized carbons (Fsp3) is 0. The summed E-state index contributed by atoms with van der Waals surface area (Å²) in [7, 11) is 0. The molecule has 0 aliphatic rings. The van der Waals surface area contributed by atoms with Crippen molar-refractivity contribution >= 4 is 21.7 Å². The molecule has 2 heterocycles. The fourth-order valence-electron chi connectivity index (χ4n) is 2.44. The third kappa shape index (κ3) is 1.61. The van der Waals surface area contributed by atoms with E-state index in [-0.39, 0.29) is 0 Å². The summed E-state index contributed by atoms with van der Waals surface area (Å²) >= 11 is 0. The largest absolute Gasteiger partial charge is 0.462 e. The van der Waals surface area contributed by atoms with Crippen molar-refractivity contribution in [2.45, 2.75) is 0 Å². The minimum Gasteiger partial charge on any atom is -0.462 e. The van der Waals surface area contributed by atoms with Gasteiger partial charge in [-0.15, -0.1) is 0 Å². The maximum atomic E-state index is 5.55. The van der Waals surface area contributed by atoms with Crippen molar-refractivity contribution in [3.63, 3.8) is 0 Å². The van der Waals surface area contributed by atoms with Gasteiger partial charge in [-0.1, -0.05) is 36.4 Å². The highest BCUT2D eigenvalue weighted by Gasteiger charge is 2.08. The Kier molecular flexibility index (Phi) is 2.15. The summed E-state index contributed by atoms with van der Waals surface area (Å²) in [4.78, 5) is 4.46. The van der Waals surface area contributed by atoms with Gasteiger partial charge in [0.15, 0.2) is 5.58 Å². The first-order valence-electron chi connectivity index (χ1n) is 6.23. The Bertz CT molecular complexity index is 876. The molecule has 0 aliphatic carbocycles. The summed E-state index contributed by atoms with van der Waals surface area (Å²) in [6, 6.07) is 18.6. The van der Waals surface area contributed by atoms with Gasteiger partial charge in [0.1, 0.15) is 5.69 Å². The van der Waals surface area contributed by atoms with E-state index in [1.165, 1.54) is 10.8 Å². The maximum absolute atomic E-state index is 5.55. The molecule has 0 unspecified atom stereocenters. The number of hydrogen-bond acceptors (Lipinski definition) is 2. The highest BCUT2D eigenvalue weighted by atomic mass is 16.3. The molecule has 0 bridgehead atoms. The molecule has 4 aromatic rings. The lowest BCUT2D eigenvalue weighted by molar-refractivity contribution is 0.615. The number of fused-ring (bicyclic) bond motifs is 2. The standard InChI is InChI=1S/C17H11NO/c1-2-4-14-11-15(6-5-12(14)3-1)16-17-13(7-9-18-16)8-10-19-17/h1-11H. The fourth-order valence-corrected chi connectivity index (χ4v) is 2.44. The molecule has 2 nitrogen and oxygen atoms in total. The monoisotopic (exact) mass is 245 g/mol. The molecule has 0 fully saturated rings. The molecule has 0 amide bonds. The third-order valence-electron chi connectivity index (χ3n) is 3.39. The van der Waals surface area contributed by atoms with E-state index in [2.05, 4.69) is 35.3 Å². The summed E-state index contributed by atoms with van der Waals surface area (Å²) in [6.45, 7) is 0. The van der Waals surface area contributed by atoms with Gasteiger partial charge in [0.2, 0.25) is 0 Å². The van der Waals surface area contributed by atoms with Gasteiger partial charge >= 0.3 is 0 Å². The molecule has 0 saturated carbocycles. The lowest BCUT2D eigenvalue weighted by Crippen LogP contribution is -1.84. The van der Waals surface area contributed by atoms with Crippen LogP contribution in [0.25, 0.3) is 33.0 Å². The van der Waals surface area contributed by atoms with Crippen LogP contribution >= 0.6 is 0 Å². The molecule has 0 saturated heterocycles. The minimum atomic E-state index is 0.845. The Morgan fingerprint density at radius 1 is 0.789 bits per heavy atom. The summed E-state index contributed by atoms with van der Waals surface area (Å²) in [6.07, 6.45) is 3.53. The van der Waals surface area contributed by atoms with Crippen molar-refractivity contribution in [2.75, 3.05) is 0 Å². The number of hydrogen-bond donors (Lipinski definition) is 0. The van der Waals surface area contributed by atoms with Gasteiger partial charge in [-0.05, 0) is 29.0 Å². The van der Waals surface area contributed by atoms with E-state index in [1.54, 1.807) is 6.26 Å². The smallest absolute Gasteiger partial charge is 0.160 e. The SMILES string of the molecule is c1ccc2cc(-c3nccc4ccoc34)ccc2c1. The van der Waals surface area contributed by atoms with E-state index in [4.69, 9.17) is 4.42 Å². The minimum absolute atomic E-state index is 0.845. The molecule has 4 rings (SSSR count). The van der Waals surface area contributed by atoms with Crippen LogP contribution < -0.4 is 0 Å². The number of benzene rings is 2. The predicted molar refractivity (Wildman–Crippen MR) is 77.0 cm³/mol. The zero-order valence-corrected chi connectivity index (χ0v) is 10.2. The molecule has 0 radical (unpaired) electrons. The molecule has 19 heavy (non-hydrogen) atoms. The molecular formula is C17H11NO. The van der Waals surface area contributed by atoms with Crippen molar-refractivity contribution in [3.05, 3.63) is 67.1 Å². The Morgan fingerprint density at radius 2 is 1.68 bits per heavy atom. The first kappa shape index (κ1) is 10.3. The summed E-state index contributed by atoms with van der Waals surface area (Å²) in [5.74, 6) is 0. The second-order valence-corrected chi connectivity index (χ2v) is 4.56. The number of aromatic nitrogens is 1. The summed E-state index contributed by atoms with van der Waals surface area (Å²) in [5, 5.41) is 3.53. The first-order chi connectivity index (χ1) is 9.42. The molecule has 2 aromatic heterocycles. The molecule has 0 spiro atoms. The second-order valence-electron chi connectivity index (χ2n) is 4.56. The van der Waals surface area contributed by atoms with Crippen LogP contribution in [0.3, 0.4) is 0 Å². The number of pyridine rings is 1. The van der Waals surface area contributed by atoms with Gasteiger partial charge in [-0.3, -0.25) is 4.98 Å². The van der Waals surface area contributed by atoms with Gasteiger partial charge in [-0.25, -0.2) is 0 Å². The number of furan rings is 1. The highest BCUT2D eigenvalue weighted by molar-refractivity contribution is 5.93. The van der Waals surface area contributed by atoms with Crippen molar-refractivity contribution < 1.29 is 4.42 Å². The Hall–Kier alpha value is -2.61. The van der Waals surface area contributed by atoms with Crippen LogP contribution in [0.15, 0.2) is 71.5 Å². The third-order valence-corrected chi connectivity index (χ3v) is 3.39. The van der Waals surface area contributed by atoms with Crippen molar-refractivity contribution in [1.82, 2.24) is 4.98 Å². The van der Waals surface area contributed by atoms with Gasteiger partial charge in [0, 0.05) is 17.1 Å². The lowest BCUT2D eigenvalue weighted by Gasteiger charge is -2.04. The van der Waals surface area contributed by atoms with Crippen molar-refractivity contribution in [2.24, 2.45) is 0 Å². The van der Waals surface area contributed by atoms with Gasteiger partial charge < -0.3 is 4.42 Å². The van der Waals surface area contributed by atoms with E-state index >= 15 is 0 Å². The summed E-state index contributed by atoms with van der Waals surface area (Å²) in [5.41, 5.74) is 2.82. The molecule has 90 valence electrons. The predicted octanol–water partition coefficient (Wildman–Crippen LogP) is 4.65. The molecule has 0 aliphatic heterocycles. The van der Waals surface area contributed by atoms with E-state index in [0.29, 0.717) is 0 Å². The first-order valence-corrected chi connectivity index (χ1v) is 6.23. The molecule has 0 N–H and O–H groups in total. The van der Waals surface area contributed by atoms with Crippen LogP contribution in [0.1, 0.15) is 0 Å². The number of rotatable bonds is 1. The quantitative estimate of drug-likeness (QED) is 0.488. The van der Waals surface area contributed by atoms with Crippen LogP contribution in [-0.2, 0) is 0 Å². The van der Waals surface area contributed by atoms with Crippen LogP contribution in [0.2, 0.25) is 0 Å². The number of nitrogens with zero attached hydrogens (tertiary/aromatic N) is 1. The van der Waals surface area contributed by atoms with E-state index in [1.807, 2.05) is 30.5 Å². The van der Waals surface area contributed by atoms with E-state index < -0.39 is 0 Å². The van der Waals surface area contributed by atoms with Crippen molar-refractivity contribution in [1.29, 1.82) is 0 Å². The Labute approximate surface area is 110 Å². The van der Waals surface area contributed by atoms with Gasteiger partial charge in [-0.2, -0.15) is 0 Å². The van der Waals surface area contributed by atoms with E-state index in [0.717, 1.165) is 22.2 Å². The molecule has 2 heteroatoms. The molecule has 0 atom stereocenters. The van der Waals surface area contributed by atoms with Crippen LogP contribution in [0, 0.1) is 0 Å². The zero-order valence-electron chi connectivity index (χ0n) is 10.2. The van der Waals surface area contributed by atoms with Gasteiger partial charge in [0.25, 0.3) is 0 Å². The molecular weight excluding hydrogens is 234 g/mol. The zero-order chi connectivity index (χ0) is 12.7. The Balaban J connectivity index is 2.01. The lowest BCUT2D eigenvalue weighted by atomic mass is 10.0. The Morgan fingerprint density at radius 3 is 2.63 bits per heavy atom. The maximum Gasteiger partial charge on any atom is 0.160 e.